The van der Waals surface area contributed by atoms with Crippen LogP contribution in [0.5, 0.6) is 0 Å². The Morgan fingerprint density at radius 2 is 1.83 bits per heavy atom. The number of benzene rings is 1. The van der Waals surface area contributed by atoms with Crippen molar-refractivity contribution in [2.45, 2.75) is 20.3 Å². The van der Waals surface area contributed by atoms with Crippen LogP contribution in [0.25, 0.3) is 0 Å². The third-order valence-electron chi connectivity index (χ3n) is 2.86. The maximum atomic E-state index is 12.4. The van der Waals surface area contributed by atoms with Gasteiger partial charge in [-0.25, -0.2) is 0 Å². The van der Waals surface area contributed by atoms with Crippen LogP contribution in [0.2, 0.25) is 0 Å². The van der Waals surface area contributed by atoms with Crippen molar-refractivity contribution in [1.82, 2.24) is 0 Å². The van der Waals surface area contributed by atoms with Crippen LogP contribution in [-0.2, 0) is 6.42 Å². The summed E-state index contributed by atoms with van der Waals surface area (Å²) >= 11 is 8.40. The van der Waals surface area contributed by atoms with Crippen molar-refractivity contribution < 1.29 is 4.79 Å². The lowest BCUT2D eigenvalue weighted by Gasteiger charge is -2.01. The number of carbonyl (C=O) groups excluding carboxylic acids is 1. The van der Waals surface area contributed by atoms with Crippen LogP contribution in [0.1, 0.15) is 33.3 Å². The molecule has 0 aliphatic heterocycles. The molecule has 1 aromatic carbocycles. The van der Waals surface area contributed by atoms with Gasteiger partial charge in [-0.1, -0.05) is 31.2 Å². The second kappa shape index (κ2) is 5.68. The fourth-order valence-electron chi connectivity index (χ4n) is 1.70. The minimum atomic E-state index is 0.0894. The van der Waals surface area contributed by atoms with Gasteiger partial charge in [-0.05, 0) is 56.3 Å². The van der Waals surface area contributed by atoms with Crippen molar-refractivity contribution >= 4 is 49.0 Å². The third-order valence-corrected chi connectivity index (χ3v) is 6.61. The molecule has 0 unspecified atom stereocenters. The second-order valence-electron chi connectivity index (χ2n) is 4.02. The highest BCUT2D eigenvalue weighted by Gasteiger charge is 2.18. The number of carbonyl (C=O) groups is 1. The molecule has 0 saturated heterocycles. The van der Waals surface area contributed by atoms with Gasteiger partial charge in [0.1, 0.15) is 0 Å². The van der Waals surface area contributed by atoms with Gasteiger partial charge in [0.15, 0.2) is 0 Å². The van der Waals surface area contributed by atoms with Gasteiger partial charge in [-0.2, -0.15) is 0 Å². The number of hydrogen-bond donors (Lipinski definition) is 0. The van der Waals surface area contributed by atoms with E-state index in [1.807, 2.05) is 31.2 Å². The van der Waals surface area contributed by atoms with Gasteiger partial charge in [-0.3, -0.25) is 4.79 Å². The third kappa shape index (κ3) is 2.60. The molecule has 1 heterocycles. The Bertz CT molecular complexity index is 585. The molecule has 0 fully saturated rings. The SMILES string of the molecule is CCc1ccc(C(=O)c2sc(Br)c(Br)c2C)cc1. The molecule has 0 N–H and O–H groups in total. The predicted octanol–water partition coefficient (Wildman–Crippen LogP) is 5.37. The maximum absolute atomic E-state index is 12.4. The highest BCUT2D eigenvalue weighted by Crippen LogP contribution is 2.37. The monoisotopic (exact) mass is 386 g/mol. The lowest BCUT2D eigenvalue weighted by atomic mass is 10.0. The summed E-state index contributed by atoms with van der Waals surface area (Å²) in [6, 6.07) is 7.84. The van der Waals surface area contributed by atoms with E-state index in [0.717, 1.165) is 30.7 Å². The second-order valence-corrected chi connectivity index (χ2v) is 7.15. The molecule has 0 bridgehead atoms. The van der Waals surface area contributed by atoms with Crippen molar-refractivity contribution in [2.75, 3.05) is 0 Å². The van der Waals surface area contributed by atoms with Crippen molar-refractivity contribution in [3.05, 3.63) is 54.1 Å². The molecule has 0 spiro atoms. The van der Waals surface area contributed by atoms with E-state index in [2.05, 4.69) is 38.8 Å². The van der Waals surface area contributed by atoms with E-state index in [4.69, 9.17) is 0 Å². The molecule has 2 aromatic rings. The number of thiophene rings is 1. The summed E-state index contributed by atoms with van der Waals surface area (Å²) in [6.07, 6.45) is 0.990. The van der Waals surface area contributed by atoms with Gasteiger partial charge in [0.25, 0.3) is 0 Å². The van der Waals surface area contributed by atoms with E-state index in [0.29, 0.717) is 0 Å². The topological polar surface area (TPSA) is 17.1 Å². The molecular weight excluding hydrogens is 376 g/mol. The molecular formula is C14H12Br2OS. The van der Waals surface area contributed by atoms with Gasteiger partial charge in [0.05, 0.1) is 8.66 Å². The summed E-state index contributed by atoms with van der Waals surface area (Å²) in [4.78, 5) is 13.2. The lowest BCUT2D eigenvalue weighted by Crippen LogP contribution is -2.00. The maximum Gasteiger partial charge on any atom is 0.203 e. The Balaban J connectivity index is 2.38. The zero-order valence-electron chi connectivity index (χ0n) is 10.1. The summed E-state index contributed by atoms with van der Waals surface area (Å²) in [6.45, 7) is 4.06. The summed E-state index contributed by atoms with van der Waals surface area (Å²) in [7, 11) is 0. The molecule has 0 atom stereocenters. The number of hydrogen-bond acceptors (Lipinski definition) is 2. The Kier molecular flexibility index (Phi) is 4.41. The number of ketones is 1. The Hall–Kier alpha value is -0.450. The Morgan fingerprint density at radius 3 is 2.28 bits per heavy atom. The van der Waals surface area contributed by atoms with E-state index in [1.54, 1.807) is 0 Å². The minimum absolute atomic E-state index is 0.0894. The zero-order valence-corrected chi connectivity index (χ0v) is 14.1. The zero-order chi connectivity index (χ0) is 13.3. The largest absolute Gasteiger partial charge is 0.288 e. The fraction of sp³-hybridized carbons (Fsp3) is 0.214. The molecule has 4 heteroatoms. The van der Waals surface area contributed by atoms with Crippen LogP contribution in [-0.4, -0.2) is 5.78 Å². The molecule has 18 heavy (non-hydrogen) atoms. The van der Waals surface area contributed by atoms with E-state index in [1.165, 1.54) is 16.9 Å². The minimum Gasteiger partial charge on any atom is -0.288 e. The van der Waals surface area contributed by atoms with Crippen molar-refractivity contribution in [2.24, 2.45) is 0 Å². The molecule has 1 aromatic heterocycles. The highest BCUT2D eigenvalue weighted by molar-refractivity contribution is 9.13. The average Bonchev–Trinajstić information content (AvgIpc) is 2.66. The van der Waals surface area contributed by atoms with Gasteiger partial charge in [0.2, 0.25) is 5.78 Å². The highest BCUT2D eigenvalue weighted by atomic mass is 79.9. The fourth-order valence-corrected chi connectivity index (χ4v) is 3.94. The number of rotatable bonds is 3. The van der Waals surface area contributed by atoms with Crippen LogP contribution in [0.15, 0.2) is 32.5 Å². The first kappa shape index (κ1) is 14.0. The van der Waals surface area contributed by atoms with Crippen molar-refractivity contribution in [1.29, 1.82) is 0 Å². The van der Waals surface area contributed by atoms with Crippen LogP contribution in [0.4, 0.5) is 0 Å². The van der Waals surface area contributed by atoms with Gasteiger partial charge in [-0.15, -0.1) is 11.3 Å². The quantitative estimate of drug-likeness (QED) is 0.646. The van der Waals surface area contributed by atoms with E-state index < -0.39 is 0 Å². The molecule has 0 radical (unpaired) electrons. The van der Waals surface area contributed by atoms with Crippen molar-refractivity contribution in [3.63, 3.8) is 0 Å². The molecule has 0 amide bonds. The van der Waals surface area contributed by atoms with Gasteiger partial charge in [0, 0.05) is 10.0 Å². The number of aryl methyl sites for hydroxylation is 1. The normalized spacial score (nSPS) is 10.7. The first-order valence-electron chi connectivity index (χ1n) is 5.62. The standard InChI is InChI=1S/C14H12Br2OS/c1-3-9-4-6-10(7-5-9)12(17)13-8(2)11(15)14(16)18-13/h4-7H,3H2,1-2H3. The Morgan fingerprint density at radius 1 is 1.22 bits per heavy atom. The predicted molar refractivity (Wildman–Crippen MR) is 83.7 cm³/mol. The molecule has 94 valence electrons. The van der Waals surface area contributed by atoms with Gasteiger partial charge < -0.3 is 0 Å². The Labute approximate surface area is 127 Å². The average molecular weight is 388 g/mol. The van der Waals surface area contributed by atoms with E-state index in [9.17, 15) is 4.79 Å². The van der Waals surface area contributed by atoms with Crippen LogP contribution >= 0.6 is 43.2 Å². The first-order chi connectivity index (χ1) is 8.54. The summed E-state index contributed by atoms with van der Waals surface area (Å²) in [5.41, 5.74) is 2.99. The molecule has 0 saturated carbocycles. The summed E-state index contributed by atoms with van der Waals surface area (Å²) in [5.74, 6) is 0.0894. The smallest absolute Gasteiger partial charge is 0.203 e. The summed E-state index contributed by atoms with van der Waals surface area (Å²) in [5, 5.41) is 0. The van der Waals surface area contributed by atoms with Crippen LogP contribution in [0.3, 0.4) is 0 Å². The molecule has 1 nitrogen and oxygen atoms in total. The van der Waals surface area contributed by atoms with Crippen LogP contribution < -0.4 is 0 Å². The lowest BCUT2D eigenvalue weighted by molar-refractivity contribution is 0.104. The molecule has 0 aliphatic carbocycles. The number of halogens is 2. The van der Waals surface area contributed by atoms with Crippen molar-refractivity contribution in [3.8, 4) is 0 Å². The van der Waals surface area contributed by atoms with E-state index >= 15 is 0 Å². The van der Waals surface area contributed by atoms with E-state index in [-0.39, 0.29) is 5.78 Å². The van der Waals surface area contributed by atoms with Crippen LogP contribution in [0, 0.1) is 6.92 Å². The first-order valence-corrected chi connectivity index (χ1v) is 8.02. The summed E-state index contributed by atoms with van der Waals surface area (Å²) < 4.78 is 1.94. The van der Waals surface area contributed by atoms with Gasteiger partial charge >= 0.3 is 0 Å². The molecule has 2 rings (SSSR count). The molecule has 0 aliphatic rings.